The number of ether oxygens (including phenoxy) is 1. The number of nitrogens with zero attached hydrogens (tertiary/aromatic N) is 3. The Balaban J connectivity index is 1.17. The van der Waals surface area contributed by atoms with Gasteiger partial charge in [-0.05, 0) is 23.8 Å². The van der Waals surface area contributed by atoms with Crippen LogP contribution in [0, 0.1) is 0 Å². The predicted molar refractivity (Wildman–Crippen MR) is 160 cm³/mol. The number of nitrogens with one attached hydrogen (secondary N) is 1. The maximum Gasteiger partial charge on any atom is 0.339 e. The van der Waals surface area contributed by atoms with Crippen molar-refractivity contribution in [2.75, 3.05) is 18.5 Å². The van der Waals surface area contributed by atoms with Crippen LogP contribution in [-0.2, 0) is 29.0 Å². The average molecular weight is 614 g/mol. The van der Waals surface area contributed by atoms with E-state index in [2.05, 4.69) is 43.3 Å². The van der Waals surface area contributed by atoms with Gasteiger partial charge in [-0.2, -0.15) is 0 Å². The summed E-state index contributed by atoms with van der Waals surface area (Å²) in [4.78, 5) is 37.9. The van der Waals surface area contributed by atoms with Crippen LogP contribution in [0.2, 0.25) is 0 Å². The highest BCUT2D eigenvalue weighted by Gasteiger charge is 2.27. The van der Waals surface area contributed by atoms with Gasteiger partial charge >= 0.3 is 5.97 Å². The number of hydrogen-bond acceptors (Lipinski definition) is 7. The number of amides is 1. The molecule has 6 rings (SSSR count). The molecule has 0 saturated heterocycles. The van der Waals surface area contributed by atoms with Gasteiger partial charge in [-0.1, -0.05) is 76.6 Å². The van der Waals surface area contributed by atoms with Crippen molar-refractivity contribution in [3.05, 3.63) is 111 Å². The number of anilines is 1. The highest BCUT2D eigenvalue weighted by molar-refractivity contribution is 9.10. The molecule has 1 aliphatic heterocycles. The van der Waals surface area contributed by atoms with Gasteiger partial charge in [0.2, 0.25) is 0 Å². The minimum atomic E-state index is -0.527. The molecular formula is C31H25BrN4O3S. The van der Waals surface area contributed by atoms with Crippen molar-refractivity contribution >= 4 is 55.2 Å². The van der Waals surface area contributed by atoms with E-state index in [4.69, 9.17) is 9.72 Å². The van der Waals surface area contributed by atoms with Crippen LogP contribution in [0.1, 0.15) is 27.2 Å². The van der Waals surface area contributed by atoms with E-state index in [9.17, 15) is 9.59 Å². The molecule has 1 N–H and O–H groups in total. The van der Waals surface area contributed by atoms with Gasteiger partial charge in [0.05, 0.1) is 16.8 Å². The SMILES string of the molecule is O=C(COC(=O)c1c2c(nc3ccccc13)CCN(Cc1ccccc1)C2)Nc1nc(-c2ccc(Br)cc2)cs1. The van der Waals surface area contributed by atoms with Gasteiger partial charge in [0.1, 0.15) is 0 Å². The monoisotopic (exact) mass is 612 g/mol. The molecule has 7 nitrogen and oxygen atoms in total. The Morgan fingerprint density at radius 2 is 1.75 bits per heavy atom. The van der Waals surface area contributed by atoms with E-state index in [1.165, 1.54) is 16.9 Å². The minimum Gasteiger partial charge on any atom is -0.452 e. The second kappa shape index (κ2) is 11.7. The summed E-state index contributed by atoms with van der Waals surface area (Å²) in [6.45, 7) is 1.79. The number of halogens is 1. The van der Waals surface area contributed by atoms with Crippen LogP contribution in [-0.4, -0.2) is 39.9 Å². The minimum absolute atomic E-state index is 0.412. The van der Waals surface area contributed by atoms with Crippen LogP contribution in [0.4, 0.5) is 5.13 Å². The van der Waals surface area contributed by atoms with Gasteiger partial charge in [-0.3, -0.25) is 20.0 Å². The summed E-state index contributed by atoms with van der Waals surface area (Å²) in [5.41, 5.74) is 5.93. The van der Waals surface area contributed by atoms with Gasteiger partial charge in [-0.15, -0.1) is 11.3 Å². The molecule has 0 fully saturated rings. The topological polar surface area (TPSA) is 84.4 Å². The molecule has 1 amide bonds. The number of carbonyl (C=O) groups is 2. The van der Waals surface area contributed by atoms with Crippen molar-refractivity contribution in [3.8, 4) is 11.3 Å². The molecule has 200 valence electrons. The lowest BCUT2D eigenvalue weighted by Gasteiger charge is -2.30. The molecule has 0 bridgehead atoms. The zero-order valence-corrected chi connectivity index (χ0v) is 23.9. The summed E-state index contributed by atoms with van der Waals surface area (Å²) in [6, 6.07) is 25.6. The van der Waals surface area contributed by atoms with E-state index < -0.39 is 18.5 Å². The lowest BCUT2D eigenvalue weighted by atomic mass is 9.95. The van der Waals surface area contributed by atoms with Crippen LogP contribution in [0.15, 0.2) is 88.7 Å². The third-order valence-electron chi connectivity index (χ3n) is 6.80. The highest BCUT2D eigenvalue weighted by Crippen LogP contribution is 2.30. The number of aromatic nitrogens is 2. The number of pyridine rings is 1. The van der Waals surface area contributed by atoms with E-state index in [1.807, 2.05) is 72.1 Å². The van der Waals surface area contributed by atoms with Gasteiger partial charge in [-0.25, -0.2) is 9.78 Å². The molecule has 3 heterocycles. The predicted octanol–water partition coefficient (Wildman–Crippen LogP) is 6.47. The van der Waals surface area contributed by atoms with Crippen molar-refractivity contribution in [2.45, 2.75) is 19.5 Å². The second-order valence-corrected chi connectivity index (χ2v) is 11.3. The van der Waals surface area contributed by atoms with Crippen molar-refractivity contribution in [3.63, 3.8) is 0 Å². The lowest BCUT2D eigenvalue weighted by Crippen LogP contribution is -2.32. The molecule has 2 aromatic heterocycles. The first kappa shape index (κ1) is 26.3. The summed E-state index contributed by atoms with van der Waals surface area (Å²) in [5.74, 6) is -0.968. The van der Waals surface area contributed by atoms with Gasteiger partial charge in [0, 0.05) is 58.1 Å². The van der Waals surface area contributed by atoms with E-state index in [0.29, 0.717) is 17.2 Å². The zero-order chi connectivity index (χ0) is 27.5. The quantitative estimate of drug-likeness (QED) is 0.212. The Labute approximate surface area is 244 Å². The fourth-order valence-electron chi connectivity index (χ4n) is 4.90. The number of fused-ring (bicyclic) bond motifs is 2. The first-order valence-corrected chi connectivity index (χ1v) is 14.6. The molecule has 0 radical (unpaired) electrons. The first-order valence-electron chi connectivity index (χ1n) is 12.9. The third-order valence-corrected chi connectivity index (χ3v) is 8.09. The number of rotatable bonds is 7. The molecule has 1 aliphatic rings. The maximum absolute atomic E-state index is 13.5. The van der Waals surface area contributed by atoms with Gasteiger partial charge < -0.3 is 4.74 Å². The Morgan fingerprint density at radius 3 is 2.58 bits per heavy atom. The average Bonchev–Trinajstić information content (AvgIpc) is 3.44. The highest BCUT2D eigenvalue weighted by atomic mass is 79.9. The molecule has 9 heteroatoms. The number of esters is 1. The molecule has 5 aromatic rings. The number of para-hydroxylation sites is 1. The summed E-state index contributed by atoms with van der Waals surface area (Å²) < 4.78 is 6.55. The Hall–Kier alpha value is -3.92. The number of thiazole rings is 1. The fraction of sp³-hybridized carbons (Fsp3) is 0.161. The van der Waals surface area contributed by atoms with Crippen LogP contribution >= 0.6 is 27.3 Å². The van der Waals surface area contributed by atoms with E-state index in [-0.39, 0.29) is 0 Å². The van der Waals surface area contributed by atoms with Crippen LogP contribution in [0.3, 0.4) is 0 Å². The van der Waals surface area contributed by atoms with Crippen molar-refractivity contribution in [1.82, 2.24) is 14.9 Å². The molecule has 0 atom stereocenters. The Morgan fingerprint density at radius 1 is 0.975 bits per heavy atom. The van der Waals surface area contributed by atoms with E-state index in [0.717, 1.165) is 57.4 Å². The number of hydrogen-bond donors (Lipinski definition) is 1. The first-order chi connectivity index (χ1) is 19.5. The lowest BCUT2D eigenvalue weighted by molar-refractivity contribution is -0.119. The molecule has 0 saturated carbocycles. The number of carbonyl (C=O) groups excluding carboxylic acids is 2. The number of benzene rings is 3. The Bertz CT molecular complexity index is 1690. The van der Waals surface area contributed by atoms with Crippen LogP contribution < -0.4 is 5.32 Å². The van der Waals surface area contributed by atoms with Crippen molar-refractivity contribution in [1.29, 1.82) is 0 Å². The van der Waals surface area contributed by atoms with E-state index in [1.54, 1.807) is 0 Å². The Kier molecular flexibility index (Phi) is 7.68. The van der Waals surface area contributed by atoms with Crippen molar-refractivity contribution < 1.29 is 14.3 Å². The summed E-state index contributed by atoms with van der Waals surface area (Å²) in [7, 11) is 0. The molecule has 0 aliphatic carbocycles. The summed E-state index contributed by atoms with van der Waals surface area (Å²) in [5, 5.41) is 5.80. The smallest absolute Gasteiger partial charge is 0.339 e. The normalized spacial score (nSPS) is 13.1. The summed E-state index contributed by atoms with van der Waals surface area (Å²) in [6.07, 6.45) is 0.735. The van der Waals surface area contributed by atoms with Crippen LogP contribution in [0.25, 0.3) is 22.2 Å². The van der Waals surface area contributed by atoms with Gasteiger partial charge in [0.25, 0.3) is 5.91 Å². The molecule has 3 aromatic carbocycles. The molecule has 0 unspecified atom stereocenters. The van der Waals surface area contributed by atoms with Crippen molar-refractivity contribution in [2.24, 2.45) is 0 Å². The maximum atomic E-state index is 13.5. The van der Waals surface area contributed by atoms with E-state index >= 15 is 0 Å². The molecular weight excluding hydrogens is 588 g/mol. The van der Waals surface area contributed by atoms with Crippen LogP contribution in [0.5, 0.6) is 0 Å². The summed E-state index contributed by atoms with van der Waals surface area (Å²) >= 11 is 4.75. The largest absolute Gasteiger partial charge is 0.452 e. The molecule has 0 spiro atoms. The zero-order valence-electron chi connectivity index (χ0n) is 21.5. The van der Waals surface area contributed by atoms with Gasteiger partial charge in [0.15, 0.2) is 11.7 Å². The third kappa shape index (κ3) is 5.82. The standard InChI is InChI=1S/C31H25BrN4O3S/c32-22-12-10-21(11-13-22)27-19-40-31(34-27)35-28(37)18-39-30(38)29-23-8-4-5-9-25(23)33-26-14-15-36(17-24(26)29)16-20-6-2-1-3-7-20/h1-13,19H,14-18H2,(H,34,35,37). The fourth-order valence-corrected chi connectivity index (χ4v) is 5.90. The molecule has 40 heavy (non-hydrogen) atoms. The second-order valence-electron chi connectivity index (χ2n) is 9.54.